The van der Waals surface area contributed by atoms with E-state index in [1.165, 1.54) is 0 Å². The van der Waals surface area contributed by atoms with E-state index in [0.717, 1.165) is 12.3 Å². The summed E-state index contributed by atoms with van der Waals surface area (Å²) in [7, 11) is -4.11. The van der Waals surface area contributed by atoms with Gasteiger partial charge in [0.2, 0.25) is 0 Å². The average molecular weight is 341 g/mol. The number of nitrogen functional groups attached to an aromatic ring is 1. The van der Waals surface area contributed by atoms with Gasteiger partial charge in [-0.25, -0.2) is 8.42 Å². The topological polar surface area (TPSA) is 101 Å². The summed E-state index contributed by atoms with van der Waals surface area (Å²) < 4.78 is 63.5. The third-order valence-electron chi connectivity index (χ3n) is 2.46. The molecule has 114 valence electrons. The van der Waals surface area contributed by atoms with E-state index in [9.17, 15) is 21.6 Å². The maximum atomic E-state index is 12.5. The lowest BCUT2D eigenvalue weighted by atomic mass is 10.2. The van der Waals surface area contributed by atoms with Crippen LogP contribution in [0.2, 0.25) is 5.02 Å². The molecule has 11 heteroatoms. The van der Waals surface area contributed by atoms with E-state index < -0.39 is 26.8 Å². The molecule has 0 saturated heterocycles. The zero-order valence-electron chi connectivity index (χ0n) is 10.1. The van der Waals surface area contributed by atoms with Crippen LogP contribution >= 0.6 is 11.6 Å². The van der Waals surface area contributed by atoms with Crippen LogP contribution in [0.4, 0.5) is 24.7 Å². The van der Waals surface area contributed by atoms with Crippen LogP contribution in [0, 0.1) is 0 Å². The molecule has 0 fully saturated rings. The molecule has 0 radical (unpaired) electrons. The zero-order chi connectivity index (χ0) is 15.8. The van der Waals surface area contributed by atoms with Crippen molar-refractivity contribution in [2.24, 2.45) is 0 Å². The molecule has 0 aliphatic rings. The Morgan fingerprint density at radius 1 is 1.33 bits per heavy atom. The summed E-state index contributed by atoms with van der Waals surface area (Å²) in [4.78, 5) is -0.335. The molecule has 0 aliphatic carbocycles. The minimum atomic E-state index is -4.57. The first-order valence-electron chi connectivity index (χ1n) is 5.29. The number of sulfonamides is 1. The highest BCUT2D eigenvalue weighted by Crippen LogP contribution is 2.34. The Bertz CT molecular complexity index is 773. The Hall–Kier alpha value is -1.94. The van der Waals surface area contributed by atoms with Crippen molar-refractivity contribution in [3.8, 4) is 0 Å². The van der Waals surface area contributed by atoms with Crippen LogP contribution in [0.1, 0.15) is 5.56 Å². The molecule has 2 aromatic rings. The minimum Gasteiger partial charge on any atom is -0.383 e. The number of aromatic nitrogens is 2. The summed E-state index contributed by atoms with van der Waals surface area (Å²) in [5.41, 5.74) is 4.19. The molecule has 0 spiro atoms. The van der Waals surface area contributed by atoms with Gasteiger partial charge in [-0.15, -0.1) is 0 Å². The van der Waals surface area contributed by atoms with Crippen LogP contribution in [-0.2, 0) is 16.2 Å². The molecular formula is C10H8ClF3N4O2S. The summed E-state index contributed by atoms with van der Waals surface area (Å²) in [6.07, 6.45) is -3.61. The summed E-state index contributed by atoms with van der Waals surface area (Å²) in [5, 5.41) is 5.29. The van der Waals surface area contributed by atoms with Gasteiger partial charge < -0.3 is 5.73 Å². The molecule has 0 unspecified atom stereocenters. The zero-order valence-corrected chi connectivity index (χ0v) is 11.6. The third kappa shape index (κ3) is 3.22. The highest BCUT2D eigenvalue weighted by Gasteiger charge is 2.31. The van der Waals surface area contributed by atoms with Crippen LogP contribution in [-0.4, -0.2) is 18.6 Å². The quantitative estimate of drug-likeness (QED) is 0.798. The first-order chi connectivity index (χ1) is 9.61. The van der Waals surface area contributed by atoms with Crippen molar-refractivity contribution in [1.82, 2.24) is 10.2 Å². The van der Waals surface area contributed by atoms with Gasteiger partial charge in [0.15, 0.2) is 0 Å². The van der Waals surface area contributed by atoms with E-state index in [1.807, 2.05) is 4.72 Å². The first-order valence-corrected chi connectivity index (χ1v) is 7.16. The number of alkyl halides is 3. The van der Waals surface area contributed by atoms with Gasteiger partial charge >= 0.3 is 6.18 Å². The smallest absolute Gasteiger partial charge is 0.383 e. The maximum Gasteiger partial charge on any atom is 0.416 e. The molecule has 4 N–H and O–H groups in total. The molecule has 0 atom stereocenters. The van der Waals surface area contributed by atoms with Crippen LogP contribution in [0.5, 0.6) is 0 Å². The van der Waals surface area contributed by atoms with Crippen molar-refractivity contribution < 1.29 is 21.6 Å². The number of halogens is 4. The van der Waals surface area contributed by atoms with Gasteiger partial charge in [0.25, 0.3) is 10.0 Å². The standard InChI is InChI=1S/C10H8ClF3N4O2S/c11-6-3-5(10(12,13)14)1-2-7(6)18-21(19,20)8-4-16-17-9(8)15/h1-4,18H,(H3,15,16,17). The fourth-order valence-electron chi connectivity index (χ4n) is 1.47. The monoisotopic (exact) mass is 340 g/mol. The number of nitrogens with one attached hydrogen (secondary N) is 2. The van der Waals surface area contributed by atoms with Gasteiger partial charge in [0, 0.05) is 0 Å². The van der Waals surface area contributed by atoms with Gasteiger partial charge in [0.05, 0.1) is 22.5 Å². The van der Waals surface area contributed by atoms with E-state index in [0.29, 0.717) is 12.1 Å². The number of anilines is 2. The van der Waals surface area contributed by atoms with Gasteiger partial charge in [-0.3, -0.25) is 9.82 Å². The maximum absolute atomic E-state index is 12.5. The number of hydrogen-bond acceptors (Lipinski definition) is 4. The molecule has 6 nitrogen and oxygen atoms in total. The van der Waals surface area contributed by atoms with Gasteiger partial charge in [-0.2, -0.15) is 18.3 Å². The van der Waals surface area contributed by atoms with Crippen molar-refractivity contribution in [1.29, 1.82) is 0 Å². The van der Waals surface area contributed by atoms with E-state index in [-0.39, 0.29) is 16.4 Å². The lowest BCUT2D eigenvalue weighted by molar-refractivity contribution is -0.137. The Morgan fingerprint density at radius 3 is 2.48 bits per heavy atom. The van der Waals surface area contributed by atoms with E-state index >= 15 is 0 Å². The fraction of sp³-hybridized carbons (Fsp3) is 0.100. The number of rotatable bonds is 3. The molecular weight excluding hydrogens is 333 g/mol. The lowest BCUT2D eigenvalue weighted by Gasteiger charge is -2.11. The summed E-state index contributed by atoms with van der Waals surface area (Å²) >= 11 is 5.66. The normalized spacial score (nSPS) is 12.4. The molecule has 2 rings (SSSR count). The molecule has 0 aliphatic heterocycles. The lowest BCUT2D eigenvalue weighted by Crippen LogP contribution is -2.14. The second-order valence-electron chi connectivity index (χ2n) is 3.95. The van der Waals surface area contributed by atoms with E-state index in [2.05, 4.69) is 10.2 Å². The molecule has 1 aromatic carbocycles. The van der Waals surface area contributed by atoms with Crippen molar-refractivity contribution >= 4 is 33.1 Å². The summed E-state index contributed by atoms with van der Waals surface area (Å²) in [6.45, 7) is 0. The summed E-state index contributed by atoms with van der Waals surface area (Å²) in [5.74, 6) is -0.203. The number of H-pyrrole nitrogens is 1. The van der Waals surface area contributed by atoms with E-state index in [4.69, 9.17) is 17.3 Å². The first kappa shape index (κ1) is 15.4. The van der Waals surface area contributed by atoms with E-state index in [1.54, 1.807) is 0 Å². The largest absolute Gasteiger partial charge is 0.416 e. The molecule has 0 amide bonds. The predicted octanol–water partition coefficient (Wildman–Crippen LogP) is 2.46. The molecule has 21 heavy (non-hydrogen) atoms. The van der Waals surface area contributed by atoms with Crippen LogP contribution in [0.3, 0.4) is 0 Å². The minimum absolute atomic E-state index is 0.203. The molecule has 0 saturated carbocycles. The Kier molecular flexibility index (Phi) is 3.76. The van der Waals surface area contributed by atoms with Gasteiger partial charge in [0.1, 0.15) is 10.7 Å². The Labute approximate surface area is 122 Å². The van der Waals surface area contributed by atoms with Crippen LogP contribution in [0.25, 0.3) is 0 Å². The highest BCUT2D eigenvalue weighted by atomic mass is 35.5. The van der Waals surface area contributed by atoms with Crippen molar-refractivity contribution in [3.05, 3.63) is 35.0 Å². The second kappa shape index (κ2) is 5.11. The second-order valence-corrected chi connectivity index (χ2v) is 6.00. The van der Waals surface area contributed by atoms with Gasteiger partial charge in [-0.1, -0.05) is 11.6 Å². The number of hydrogen-bond donors (Lipinski definition) is 3. The molecule has 1 heterocycles. The highest BCUT2D eigenvalue weighted by molar-refractivity contribution is 7.92. The van der Waals surface area contributed by atoms with Crippen LogP contribution < -0.4 is 10.5 Å². The van der Waals surface area contributed by atoms with Crippen molar-refractivity contribution in [2.75, 3.05) is 10.5 Å². The molecule has 0 bridgehead atoms. The number of nitrogens with zero attached hydrogens (tertiary/aromatic N) is 1. The van der Waals surface area contributed by atoms with Crippen LogP contribution in [0.15, 0.2) is 29.3 Å². The van der Waals surface area contributed by atoms with Crippen molar-refractivity contribution in [2.45, 2.75) is 11.1 Å². The predicted molar refractivity (Wildman–Crippen MR) is 70.3 cm³/mol. The average Bonchev–Trinajstić information content (AvgIpc) is 2.77. The Balaban J connectivity index is 2.35. The number of benzene rings is 1. The Morgan fingerprint density at radius 2 is 2.00 bits per heavy atom. The molecule has 1 aromatic heterocycles. The number of nitrogens with two attached hydrogens (primary N) is 1. The fourth-order valence-corrected chi connectivity index (χ4v) is 2.86. The summed E-state index contributed by atoms with van der Waals surface area (Å²) in [6, 6.07) is 2.25. The SMILES string of the molecule is Nc1[nH]ncc1S(=O)(=O)Nc1ccc(C(F)(F)F)cc1Cl. The van der Waals surface area contributed by atoms with Gasteiger partial charge in [-0.05, 0) is 18.2 Å². The number of aromatic amines is 1. The van der Waals surface area contributed by atoms with Crippen molar-refractivity contribution in [3.63, 3.8) is 0 Å². The third-order valence-corrected chi connectivity index (χ3v) is 4.17.